The fourth-order valence-electron chi connectivity index (χ4n) is 2.51. The lowest BCUT2D eigenvalue weighted by atomic mass is 9.99. The first-order valence-electron chi connectivity index (χ1n) is 6.84. The van der Waals surface area contributed by atoms with Gasteiger partial charge in [0.1, 0.15) is 11.3 Å². The van der Waals surface area contributed by atoms with Gasteiger partial charge >= 0.3 is 5.97 Å². The Labute approximate surface area is 123 Å². The molecule has 2 rings (SSSR count). The standard InChI is InChI=1S/C16H19NO4/c1-16(15(19)20)10-3-11-17(16)14(18)9-6-12-4-7-13(21-2)8-5-12/h4-9H,3,10-11H2,1-2H3,(H,19,20). The Balaban J connectivity index is 2.09. The van der Waals surface area contributed by atoms with Gasteiger partial charge in [-0.05, 0) is 43.5 Å². The molecule has 5 nitrogen and oxygen atoms in total. The third kappa shape index (κ3) is 3.07. The zero-order chi connectivity index (χ0) is 15.5. The lowest BCUT2D eigenvalue weighted by Gasteiger charge is -2.30. The molecule has 0 aliphatic carbocycles. The van der Waals surface area contributed by atoms with Gasteiger partial charge in [-0.1, -0.05) is 12.1 Å². The van der Waals surface area contributed by atoms with E-state index in [0.29, 0.717) is 19.4 Å². The maximum absolute atomic E-state index is 12.2. The van der Waals surface area contributed by atoms with Crippen LogP contribution in [0.2, 0.25) is 0 Å². The molecule has 0 aromatic heterocycles. The van der Waals surface area contributed by atoms with Crippen LogP contribution in [0.4, 0.5) is 0 Å². The molecule has 1 heterocycles. The normalized spacial score (nSPS) is 21.7. The molecule has 1 aliphatic heterocycles. The highest BCUT2D eigenvalue weighted by Crippen LogP contribution is 2.29. The number of likely N-dealkylation sites (tertiary alicyclic amines) is 1. The van der Waals surface area contributed by atoms with Gasteiger partial charge in [-0.15, -0.1) is 0 Å². The minimum absolute atomic E-state index is 0.270. The zero-order valence-corrected chi connectivity index (χ0v) is 12.2. The van der Waals surface area contributed by atoms with Crippen LogP contribution < -0.4 is 4.74 Å². The molecule has 5 heteroatoms. The summed E-state index contributed by atoms with van der Waals surface area (Å²) in [6.45, 7) is 2.08. The summed E-state index contributed by atoms with van der Waals surface area (Å²) in [5.41, 5.74) is -0.234. The van der Waals surface area contributed by atoms with Crippen LogP contribution in [0.3, 0.4) is 0 Å². The summed E-state index contributed by atoms with van der Waals surface area (Å²) in [5.74, 6) is -0.476. The van der Waals surface area contributed by atoms with E-state index in [-0.39, 0.29) is 5.91 Å². The van der Waals surface area contributed by atoms with E-state index in [1.54, 1.807) is 32.2 Å². The molecule has 21 heavy (non-hydrogen) atoms. The molecular weight excluding hydrogens is 270 g/mol. The van der Waals surface area contributed by atoms with Crippen molar-refractivity contribution in [2.75, 3.05) is 13.7 Å². The Morgan fingerprint density at radius 3 is 2.57 bits per heavy atom. The van der Waals surface area contributed by atoms with E-state index in [1.165, 1.54) is 11.0 Å². The van der Waals surface area contributed by atoms with E-state index in [1.807, 2.05) is 12.1 Å². The number of carboxylic acids is 1. The highest BCUT2D eigenvalue weighted by molar-refractivity contribution is 5.96. The summed E-state index contributed by atoms with van der Waals surface area (Å²) in [6, 6.07) is 7.29. The fourth-order valence-corrected chi connectivity index (χ4v) is 2.51. The maximum atomic E-state index is 12.2. The van der Waals surface area contributed by atoms with Crippen LogP contribution in [0.25, 0.3) is 6.08 Å². The van der Waals surface area contributed by atoms with Gasteiger partial charge in [0.05, 0.1) is 7.11 Å². The third-order valence-electron chi connectivity index (χ3n) is 3.90. The molecule has 1 fully saturated rings. The zero-order valence-electron chi connectivity index (χ0n) is 12.2. The molecule has 1 unspecified atom stereocenters. The minimum atomic E-state index is -1.10. The van der Waals surface area contributed by atoms with Crippen molar-refractivity contribution in [3.8, 4) is 5.75 Å². The number of rotatable bonds is 4. The van der Waals surface area contributed by atoms with Crippen LogP contribution in [-0.4, -0.2) is 41.1 Å². The van der Waals surface area contributed by atoms with Gasteiger partial charge in [-0.2, -0.15) is 0 Å². The number of amides is 1. The number of ether oxygens (including phenoxy) is 1. The Kier molecular flexibility index (Phi) is 4.31. The average Bonchev–Trinajstić information content (AvgIpc) is 2.89. The summed E-state index contributed by atoms with van der Waals surface area (Å²) < 4.78 is 5.07. The van der Waals surface area contributed by atoms with Crippen molar-refractivity contribution < 1.29 is 19.4 Å². The van der Waals surface area contributed by atoms with Crippen molar-refractivity contribution in [2.45, 2.75) is 25.3 Å². The van der Waals surface area contributed by atoms with Crippen molar-refractivity contribution in [3.63, 3.8) is 0 Å². The number of nitrogens with zero attached hydrogens (tertiary/aromatic N) is 1. The second kappa shape index (κ2) is 5.99. The molecule has 1 aromatic rings. The van der Waals surface area contributed by atoms with Gasteiger partial charge in [0.2, 0.25) is 5.91 Å². The second-order valence-electron chi connectivity index (χ2n) is 5.28. The smallest absolute Gasteiger partial charge is 0.329 e. The SMILES string of the molecule is COc1ccc(C=CC(=O)N2CCCC2(C)C(=O)O)cc1. The maximum Gasteiger partial charge on any atom is 0.329 e. The Bertz CT molecular complexity index is 564. The van der Waals surface area contributed by atoms with E-state index >= 15 is 0 Å². The summed E-state index contributed by atoms with van der Waals surface area (Å²) in [7, 11) is 1.59. The average molecular weight is 289 g/mol. The molecule has 1 aromatic carbocycles. The predicted octanol–water partition coefficient (Wildman–Crippen LogP) is 2.17. The van der Waals surface area contributed by atoms with E-state index in [9.17, 15) is 14.7 Å². The van der Waals surface area contributed by atoms with E-state index in [0.717, 1.165) is 11.3 Å². The topological polar surface area (TPSA) is 66.8 Å². The number of hydrogen-bond donors (Lipinski definition) is 1. The molecule has 0 radical (unpaired) electrons. The molecule has 1 aliphatic rings. The van der Waals surface area contributed by atoms with Gasteiger partial charge in [-0.3, -0.25) is 4.79 Å². The molecular formula is C16H19NO4. The van der Waals surface area contributed by atoms with Crippen LogP contribution in [-0.2, 0) is 9.59 Å². The first-order valence-corrected chi connectivity index (χ1v) is 6.84. The quantitative estimate of drug-likeness (QED) is 0.863. The minimum Gasteiger partial charge on any atom is -0.497 e. The van der Waals surface area contributed by atoms with Crippen molar-refractivity contribution in [2.24, 2.45) is 0 Å². The van der Waals surface area contributed by atoms with Crippen molar-refractivity contribution >= 4 is 18.0 Å². The molecule has 0 bridgehead atoms. The summed E-state index contributed by atoms with van der Waals surface area (Å²) >= 11 is 0. The molecule has 112 valence electrons. The molecule has 1 atom stereocenters. The van der Waals surface area contributed by atoms with Crippen LogP contribution in [0.15, 0.2) is 30.3 Å². The van der Waals surface area contributed by atoms with E-state index < -0.39 is 11.5 Å². The monoisotopic (exact) mass is 289 g/mol. The Hall–Kier alpha value is -2.30. The first-order chi connectivity index (χ1) is 9.97. The van der Waals surface area contributed by atoms with Gasteiger partial charge in [0.15, 0.2) is 0 Å². The molecule has 1 N–H and O–H groups in total. The lowest BCUT2D eigenvalue weighted by molar-refractivity contribution is -0.153. The lowest BCUT2D eigenvalue weighted by Crippen LogP contribution is -2.50. The summed E-state index contributed by atoms with van der Waals surface area (Å²) in [6.07, 6.45) is 4.31. The Morgan fingerprint density at radius 2 is 2.00 bits per heavy atom. The van der Waals surface area contributed by atoms with Gasteiger partial charge < -0.3 is 14.7 Å². The predicted molar refractivity (Wildman–Crippen MR) is 79.0 cm³/mol. The van der Waals surface area contributed by atoms with Gasteiger partial charge in [-0.25, -0.2) is 4.79 Å². The second-order valence-corrected chi connectivity index (χ2v) is 5.28. The largest absolute Gasteiger partial charge is 0.497 e. The highest BCUT2D eigenvalue weighted by Gasteiger charge is 2.45. The number of carbonyl (C=O) groups is 2. The van der Waals surface area contributed by atoms with Crippen molar-refractivity contribution in [1.82, 2.24) is 4.90 Å². The summed E-state index contributed by atoms with van der Waals surface area (Å²) in [5, 5.41) is 9.30. The number of aliphatic carboxylic acids is 1. The van der Waals surface area contributed by atoms with Gasteiger partial charge in [0.25, 0.3) is 0 Å². The molecule has 0 saturated carbocycles. The first kappa shape index (κ1) is 15.1. The number of hydrogen-bond acceptors (Lipinski definition) is 3. The number of methoxy groups -OCH3 is 1. The van der Waals surface area contributed by atoms with Crippen LogP contribution in [0.1, 0.15) is 25.3 Å². The molecule has 0 spiro atoms. The number of carboxylic acid groups (broad SMARTS) is 1. The molecule has 1 saturated heterocycles. The highest BCUT2D eigenvalue weighted by atomic mass is 16.5. The fraction of sp³-hybridized carbons (Fsp3) is 0.375. The third-order valence-corrected chi connectivity index (χ3v) is 3.90. The van der Waals surface area contributed by atoms with Crippen LogP contribution in [0.5, 0.6) is 5.75 Å². The van der Waals surface area contributed by atoms with E-state index in [4.69, 9.17) is 4.74 Å². The molecule has 1 amide bonds. The van der Waals surface area contributed by atoms with Crippen molar-refractivity contribution in [3.05, 3.63) is 35.9 Å². The van der Waals surface area contributed by atoms with E-state index in [2.05, 4.69) is 0 Å². The number of benzene rings is 1. The summed E-state index contributed by atoms with van der Waals surface area (Å²) in [4.78, 5) is 25.0. The number of carbonyl (C=O) groups excluding carboxylic acids is 1. The van der Waals surface area contributed by atoms with Gasteiger partial charge in [0, 0.05) is 12.6 Å². The Morgan fingerprint density at radius 1 is 1.33 bits per heavy atom. The van der Waals surface area contributed by atoms with Crippen LogP contribution in [0, 0.1) is 0 Å². The van der Waals surface area contributed by atoms with Crippen molar-refractivity contribution in [1.29, 1.82) is 0 Å². The van der Waals surface area contributed by atoms with Crippen LogP contribution >= 0.6 is 0 Å².